The van der Waals surface area contributed by atoms with Crippen molar-refractivity contribution in [2.45, 2.75) is 46.1 Å². The second-order valence-electron chi connectivity index (χ2n) is 6.77. The molecule has 3 nitrogen and oxygen atoms in total. The van der Waals surface area contributed by atoms with Crippen molar-refractivity contribution in [2.75, 3.05) is 33.3 Å². The van der Waals surface area contributed by atoms with Crippen LogP contribution in [0.2, 0.25) is 0 Å². The highest BCUT2D eigenvalue weighted by Gasteiger charge is 2.29. The minimum absolute atomic E-state index is 0.445. The van der Waals surface area contributed by atoms with E-state index in [9.17, 15) is 0 Å². The lowest BCUT2D eigenvalue weighted by Crippen LogP contribution is -2.46. The summed E-state index contributed by atoms with van der Waals surface area (Å²) in [6.07, 6.45) is 1.18. The maximum atomic E-state index is 5.70. The number of nitrogens with zero attached hydrogens (tertiary/aromatic N) is 1. The standard InChI is InChI=1S/C19H32N2O/c1-6-15(4)19(21-11-9-20-10-12-21)17-13-16(14(2)3)7-8-18(17)22-5/h7-8,13-15,19-20H,6,9-12H2,1-5H3/t15?,19-/m1/s1. The zero-order valence-corrected chi connectivity index (χ0v) is 14.9. The smallest absolute Gasteiger partial charge is 0.123 e. The van der Waals surface area contributed by atoms with Gasteiger partial charge < -0.3 is 10.1 Å². The quantitative estimate of drug-likeness (QED) is 0.865. The lowest BCUT2D eigenvalue weighted by molar-refractivity contribution is 0.126. The van der Waals surface area contributed by atoms with Gasteiger partial charge in [-0.15, -0.1) is 0 Å². The Hall–Kier alpha value is -1.06. The lowest BCUT2D eigenvalue weighted by Gasteiger charge is -2.39. The first-order valence-corrected chi connectivity index (χ1v) is 8.71. The lowest BCUT2D eigenvalue weighted by atomic mass is 9.87. The molecule has 22 heavy (non-hydrogen) atoms. The van der Waals surface area contributed by atoms with Crippen molar-refractivity contribution in [1.82, 2.24) is 10.2 Å². The summed E-state index contributed by atoms with van der Waals surface area (Å²) in [7, 11) is 1.79. The van der Waals surface area contributed by atoms with Gasteiger partial charge in [0.05, 0.1) is 7.11 Å². The molecule has 1 saturated heterocycles. The molecule has 0 aromatic heterocycles. The molecule has 2 atom stereocenters. The van der Waals surface area contributed by atoms with Gasteiger partial charge in [-0.1, -0.05) is 46.2 Å². The monoisotopic (exact) mass is 304 g/mol. The van der Waals surface area contributed by atoms with Crippen LogP contribution >= 0.6 is 0 Å². The Morgan fingerprint density at radius 2 is 1.86 bits per heavy atom. The molecule has 0 aliphatic carbocycles. The Bertz CT molecular complexity index is 467. The Balaban J connectivity index is 2.42. The third kappa shape index (κ3) is 3.82. The van der Waals surface area contributed by atoms with E-state index in [1.165, 1.54) is 17.5 Å². The summed E-state index contributed by atoms with van der Waals surface area (Å²) in [5.74, 6) is 2.20. The van der Waals surface area contributed by atoms with Gasteiger partial charge in [0.2, 0.25) is 0 Å². The van der Waals surface area contributed by atoms with E-state index in [1.54, 1.807) is 7.11 Å². The number of ether oxygens (including phenoxy) is 1. The predicted octanol–water partition coefficient (Wildman–Crippen LogP) is 3.81. The van der Waals surface area contributed by atoms with E-state index in [4.69, 9.17) is 4.74 Å². The largest absolute Gasteiger partial charge is 0.496 e. The molecule has 0 radical (unpaired) electrons. The number of nitrogens with one attached hydrogen (secondary N) is 1. The predicted molar refractivity (Wildman–Crippen MR) is 93.7 cm³/mol. The molecule has 1 N–H and O–H groups in total. The summed E-state index contributed by atoms with van der Waals surface area (Å²) < 4.78 is 5.70. The second kappa shape index (κ2) is 7.98. The highest BCUT2D eigenvalue weighted by atomic mass is 16.5. The number of hydrogen-bond acceptors (Lipinski definition) is 3. The van der Waals surface area contributed by atoms with Gasteiger partial charge in [0.15, 0.2) is 0 Å². The SMILES string of the molecule is CCC(C)[C@H](c1cc(C(C)C)ccc1OC)N1CCNCC1. The Labute approximate surface area is 136 Å². The highest BCUT2D eigenvalue weighted by molar-refractivity contribution is 5.41. The van der Waals surface area contributed by atoms with Crippen LogP contribution in [0.1, 0.15) is 57.2 Å². The molecule has 1 aliphatic rings. The van der Waals surface area contributed by atoms with E-state index < -0.39 is 0 Å². The fourth-order valence-electron chi connectivity index (χ4n) is 3.39. The summed E-state index contributed by atoms with van der Waals surface area (Å²) in [5, 5.41) is 3.46. The molecule has 124 valence electrons. The number of piperazine rings is 1. The van der Waals surface area contributed by atoms with Gasteiger partial charge in [0.25, 0.3) is 0 Å². The van der Waals surface area contributed by atoms with Gasteiger partial charge in [0, 0.05) is 37.8 Å². The van der Waals surface area contributed by atoms with Crippen LogP contribution in [0.3, 0.4) is 0 Å². The summed E-state index contributed by atoms with van der Waals surface area (Å²) in [6.45, 7) is 13.6. The molecule has 0 amide bonds. The molecule has 1 unspecified atom stereocenters. The molecule has 3 heteroatoms. The first-order valence-electron chi connectivity index (χ1n) is 8.71. The van der Waals surface area contributed by atoms with E-state index in [0.717, 1.165) is 31.9 Å². The molecular weight excluding hydrogens is 272 g/mol. The van der Waals surface area contributed by atoms with Crippen molar-refractivity contribution >= 4 is 0 Å². The van der Waals surface area contributed by atoms with Crippen molar-refractivity contribution < 1.29 is 4.74 Å². The van der Waals surface area contributed by atoms with Crippen molar-refractivity contribution in [3.63, 3.8) is 0 Å². The molecule has 1 aromatic rings. The third-order valence-electron chi connectivity index (χ3n) is 4.97. The van der Waals surface area contributed by atoms with Gasteiger partial charge in [-0.05, 0) is 23.5 Å². The van der Waals surface area contributed by atoms with Crippen molar-refractivity contribution in [3.05, 3.63) is 29.3 Å². The molecule has 1 fully saturated rings. The number of benzene rings is 1. The maximum Gasteiger partial charge on any atom is 0.123 e. The van der Waals surface area contributed by atoms with Gasteiger partial charge in [-0.2, -0.15) is 0 Å². The molecule has 1 aromatic carbocycles. The van der Waals surface area contributed by atoms with Crippen LogP contribution in [0.5, 0.6) is 5.75 Å². The Kier molecular flexibility index (Phi) is 6.27. The van der Waals surface area contributed by atoms with Crippen LogP contribution in [0.15, 0.2) is 18.2 Å². The van der Waals surface area contributed by atoms with Gasteiger partial charge in [-0.3, -0.25) is 4.90 Å². The van der Waals surface area contributed by atoms with E-state index >= 15 is 0 Å². The van der Waals surface area contributed by atoms with Crippen LogP contribution in [0, 0.1) is 5.92 Å². The number of rotatable bonds is 6. The van der Waals surface area contributed by atoms with Crippen LogP contribution in [-0.2, 0) is 0 Å². The fraction of sp³-hybridized carbons (Fsp3) is 0.684. The van der Waals surface area contributed by atoms with Crippen LogP contribution in [0.4, 0.5) is 0 Å². The first-order chi connectivity index (χ1) is 10.6. The average molecular weight is 304 g/mol. The third-order valence-corrected chi connectivity index (χ3v) is 4.97. The summed E-state index contributed by atoms with van der Waals surface area (Å²) in [6, 6.07) is 7.18. The van der Waals surface area contributed by atoms with Crippen LogP contribution in [0.25, 0.3) is 0 Å². The minimum Gasteiger partial charge on any atom is -0.496 e. The molecule has 1 heterocycles. The number of methoxy groups -OCH3 is 1. The van der Waals surface area contributed by atoms with E-state index in [2.05, 4.69) is 56.1 Å². The Morgan fingerprint density at radius 1 is 1.18 bits per heavy atom. The zero-order chi connectivity index (χ0) is 16.1. The van der Waals surface area contributed by atoms with Gasteiger partial charge >= 0.3 is 0 Å². The molecule has 0 saturated carbocycles. The minimum atomic E-state index is 0.445. The highest BCUT2D eigenvalue weighted by Crippen LogP contribution is 2.38. The molecule has 0 bridgehead atoms. The van der Waals surface area contributed by atoms with E-state index in [1.807, 2.05) is 0 Å². The maximum absolute atomic E-state index is 5.70. The van der Waals surface area contributed by atoms with Gasteiger partial charge in [0.1, 0.15) is 5.75 Å². The number of hydrogen-bond donors (Lipinski definition) is 1. The summed E-state index contributed by atoms with van der Waals surface area (Å²) in [5.41, 5.74) is 2.77. The summed E-state index contributed by atoms with van der Waals surface area (Å²) in [4.78, 5) is 2.63. The van der Waals surface area contributed by atoms with Crippen molar-refractivity contribution in [1.29, 1.82) is 0 Å². The molecular formula is C19H32N2O. The van der Waals surface area contributed by atoms with E-state index in [-0.39, 0.29) is 0 Å². The Morgan fingerprint density at radius 3 is 2.41 bits per heavy atom. The van der Waals surface area contributed by atoms with E-state index in [0.29, 0.717) is 17.9 Å². The second-order valence-corrected chi connectivity index (χ2v) is 6.77. The molecule has 2 rings (SSSR count). The van der Waals surface area contributed by atoms with Crippen molar-refractivity contribution in [3.8, 4) is 5.75 Å². The first kappa shape index (κ1) is 17.3. The summed E-state index contributed by atoms with van der Waals surface area (Å²) >= 11 is 0. The molecule has 1 aliphatic heterocycles. The zero-order valence-electron chi connectivity index (χ0n) is 14.9. The van der Waals surface area contributed by atoms with Crippen molar-refractivity contribution in [2.24, 2.45) is 5.92 Å². The van der Waals surface area contributed by atoms with Crippen LogP contribution in [-0.4, -0.2) is 38.2 Å². The van der Waals surface area contributed by atoms with Crippen LogP contribution < -0.4 is 10.1 Å². The normalized spacial score (nSPS) is 19.2. The molecule has 0 spiro atoms. The van der Waals surface area contributed by atoms with Gasteiger partial charge in [-0.25, -0.2) is 0 Å². The topological polar surface area (TPSA) is 24.5 Å². The average Bonchev–Trinajstić information content (AvgIpc) is 2.55. The fourth-order valence-corrected chi connectivity index (χ4v) is 3.39.